The summed E-state index contributed by atoms with van der Waals surface area (Å²) in [6.07, 6.45) is 5.92. The number of nitrogens with one attached hydrogen (secondary N) is 1. The van der Waals surface area contributed by atoms with Crippen molar-refractivity contribution in [2.45, 2.75) is 44.6 Å². The zero-order chi connectivity index (χ0) is 15.4. The summed E-state index contributed by atoms with van der Waals surface area (Å²) in [4.78, 5) is 16.6. The molecule has 1 fully saturated rings. The van der Waals surface area contributed by atoms with Crippen LogP contribution in [0.5, 0.6) is 0 Å². The van der Waals surface area contributed by atoms with Crippen molar-refractivity contribution in [2.24, 2.45) is 11.7 Å². The Kier molecular flexibility index (Phi) is 6.81. The van der Waals surface area contributed by atoms with Crippen LogP contribution in [0.3, 0.4) is 0 Å². The van der Waals surface area contributed by atoms with E-state index in [1.54, 1.807) is 11.3 Å². The predicted octanol–water partition coefficient (Wildman–Crippen LogP) is 3.28. The van der Waals surface area contributed by atoms with Crippen LogP contribution in [0.2, 0.25) is 0 Å². The second kappa shape index (κ2) is 8.62. The molecule has 3 N–H and O–H groups in total. The van der Waals surface area contributed by atoms with Gasteiger partial charge in [-0.25, -0.2) is 4.98 Å². The average molecular weight is 354 g/mol. The molecule has 126 valence electrons. The number of thiazole rings is 1. The largest absolute Gasteiger partial charge is 0.356 e. The fourth-order valence-electron chi connectivity index (χ4n) is 3.14. The van der Waals surface area contributed by atoms with Gasteiger partial charge in [-0.05, 0) is 30.9 Å². The predicted molar refractivity (Wildman–Crippen MR) is 98.1 cm³/mol. The summed E-state index contributed by atoms with van der Waals surface area (Å²) in [5.74, 6) is 0.486. The minimum absolute atomic E-state index is 0. The van der Waals surface area contributed by atoms with Gasteiger partial charge >= 0.3 is 0 Å². The quantitative estimate of drug-likeness (QED) is 0.866. The highest BCUT2D eigenvalue weighted by Gasteiger charge is 2.23. The van der Waals surface area contributed by atoms with Gasteiger partial charge in [-0.3, -0.25) is 4.79 Å². The standard InChI is InChI=1S/C17H23N3OS.ClH/c18-13-6-2-1-5-12(13)11-16(21)19-10-9-17-20-14-7-3-4-8-15(14)22-17;/h3-4,7-8,12-13H,1-2,5-6,9-11,18H2,(H,19,21);1H. The first kappa shape index (κ1) is 18.2. The Labute approximate surface area is 147 Å². The second-order valence-corrected chi connectivity index (χ2v) is 7.20. The van der Waals surface area contributed by atoms with Crippen molar-refractivity contribution in [1.29, 1.82) is 0 Å². The summed E-state index contributed by atoms with van der Waals surface area (Å²) in [7, 11) is 0. The van der Waals surface area contributed by atoms with E-state index in [0.717, 1.165) is 29.8 Å². The third-order valence-corrected chi connectivity index (χ3v) is 5.51. The zero-order valence-electron chi connectivity index (χ0n) is 13.2. The Balaban J connectivity index is 0.00000192. The fourth-order valence-corrected chi connectivity index (χ4v) is 4.10. The lowest BCUT2D eigenvalue weighted by atomic mass is 9.83. The van der Waals surface area contributed by atoms with Gasteiger partial charge in [0.15, 0.2) is 0 Å². The molecule has 2 aromatic rings. The SMILES string of the molecule is Cl.NC1CCCCC1CC(=O)NCCc1nc2ccccc2s1. The molecule has 0 radical (unpaired) electrons. The van der Waals surface area contributed by atoms with Gasteiger partial charge in [-0.2, -0.15) is 0 Å². The van der Waals surface area contributed by atoms with Crippen molar-refractivity contribution in [2.75, 3.05) is 6.54 Å². The van der Waals surface area contributed by atoms with Crippen LogP contribution in [-0.2, 0) is 11.2 Å². The molecular weight excluding hydrogens is 330 g/mol. The summed E-state index contributed by atoms with van der Waals surface area (Å²) < 4.78 is 1.21. The molecule has 4 nitrogen and oxygen atoms in total. The molecule has 1 heterocycles. The van der Waals surface area contributed by atoms with E-state index in [-0.39, 0.29) is 24.4 Å². The number of benzene rings is 1. The molecule has 1 saturated carbocycles. The van der Waals surface area contributed by atoms with E-state index in [2.05, 4.69) is 16.4 Å². The first-order valence-corrected chi connectivity index (χ1v) is 8.91. The molecule has 0 aliphatic heterocycles. The lowest BCUT2D eigenvalue weighted by Crippen LogP contribution is -2.37. The highest BCUT2D eigenvalue weighted by molar-refractivity contribution is 7.18. The summed E-state index contributed by atoms with van der Waals surface area (Å²) in [5.41, 5.74) is 7.15. The summed E-state index contributed by atoms with van der Waals surface area (Å²) in [6, 6.07) is 8.34. The van der Waals surface area contributed by atoms with E-state index >= 15 is 0 Å². The van der Waals surface area contributed by atoms with Gasteiger partial charge in [0, 0.05) is 25.4 Å². The van der Waals surface area contributed by atoms with E-state index in [1.165, 1.54) is 17.5 Å². The number of carbonyl (C=O) groups excluding carboxylic acids is 1. The van der Waals surface area contributed by atoms with Crippen LogP contribution in [0.4, 0.5) is 0 Å². The topological polar surface area (TPSA) is 68.0 Å². The molecule has 6 heteroatoms. The summed E-state index contributed by atoms with van der Waals surface area (Å²) >= 11 is 1.70. The van der Waals surface area contributed by atoms with Crippen LogP contribution in [0, 0.1) is 5.92 Å². The Morgan fingerprint density at radius 1 is 1.30 bits per heavy atom. The fraction of sp³-hybridized carbons (Fsp3) is 0.529. The Hall–Kier alpha value is -1.17. The van der Waals surface area contributed by atoms with Crippen molar-refractivity contribution >= 4 is 39.9 Å². The molecule has 2 unspecified atom stereocenters. The summed E-state index contributed by atoms with van der Waals surface area (Å²) in [6.45, 7) is 0.653. The number of hydrogen-bond acceptors (Lipinski definition) is 4. The number of rotatable bonds is 5. The van der Waals surface area contributed by atoms with E-state index in [0.29, 0.717) is 18.9 Å². The number of carbonyl (C=O) groups is 1. The van der Waals surface area contributed by atoms with Crippen LogP contribution in [-0.4, -0.2) is 23.5 Å². The molecule has 1 amide bonds. The maximum Gasteiger partial charge on any atom is 0.220 e. The number of fused-ring (bicyclic) bond motifs is 1. The third-order valence-electron chi connectivity index (χ3n) is 4.41. The third kappa shape index (κ3) is 4.90. The molecule has 0 bridgehead atoms. The van der Waals surface area contributed by atoms with Crippen LogP contribution in [0.15, 0.2) is 24.3 Å². The molecular formula is C17H24ClN3OS. The molecule has 1 aliphatic rings. The number of halogens is 1. The van der Waals surface area contributed by atoms with Gasteiger partial charge in [0.25, 0.3) is 0 Å². The van der Waals surface area contributed by atoms with Crippen LogP contribution in [0.1, 0.15) is 37.1 Å². The van der Waals surface area contributed by atoms with E-state index in [1.807, 2.05) is 18.2 Å². The summed E-state index contributed by atoms with van der Waals surface area (Å²) in [5, 5.41) is 4.10. The first-order valence-electron chi connectivity index (χ1n) is 8.09. The minimum Gasteiger partial charge on any atom is -0.356 e. The molecule has 1 aromatic carbocycles. The second-order valence-electron chi connectivity index (χ2n) is 6.09. The van der Waals surface area contributed by atoms with Crippen molar-refractivity contribution in [3.63, 3.8) is 0 Å². The number of nitrogens with two attached hydrogens (primary N) is 1. The Bertz CT molecular complexity index is 613. The van der Waals surface area contributed by atoms with Crippen molar-refractivity contribution in [3.8, 4) is 0 Å². The first-order chi connectivity index (χ1) is 10.7. The number of aromatic nitrogens is 1. The van der Waals surface area contributed by atoms with Crippen molar-refractivity contribution in [3.05, 3.63) is 29.3 Å². The lowest BCUT2D eigenvalue weighted by molar-refractivity contribution is -0.122. The maximum absolute atomic E-state index is 12.0. The van der Waals surface area contributed by atoms with Crippen molar-refractivity contribution < 1.29 is 4.79 Å². The van der Waals surface area contributed by atoms with Gasteiger partial charge in [-0.15, -0.1) is 23.7 Å². The Morgan fingerprint density at radius 3 is 2.87 bits per heavy atom. The lowest BCUT2D eigenvalue weighted by Gasteiger charge is -2.27. The number of hydrogen-bond donors (Lipinski definition) is 2. The van der Waals surface area contributed by atoms with Crippen LogP contribution in [0.25, 0.3) is 10.2 Å². The monoisotopic (exact) mass is 353 g/mol. The minimum atomic E-state index is 0. The molecule has 1 aliphatic carbocycles. The van der Waals surface area contributed by atoms with E-state index in [9.17, 15) is 4.79 Å². The Morgan fingerprint density at radius 2 is 2.09 bits per heavy atom. The van der Waals surface area contributed by atoms with Gasteiger partial charge in [-0.1, -0.05) is 25.0 Å². The molecule has 0 saturated heterocycles. The van der Waals surface area contributed by atoms with Gasteiger partial charge < -0.3 is 11.1 Å². The zero-order valence-corrected chi connectivity index (χ0v) is 14.8. The van der Waals surface area contributed by atoms with Crippen LogP contribution < -0.4 is 11.1 Å². The highest BCUT2D eigenvalue weighted by Crippen LogP contribution is 2.25. The van der Waals surface area contributed by atoms with E-state index < -0.39 is 0 Å². The molecule has 2 atom stereocenters. The van der Waals surface area contributed by atoms with Gasteiger partial charge in [0.2, 0.25) is 5.91 Å². The number of para-hydroxylation sites is 1. The van der Waals surface area contributed by atoms with Crippen LogP contribution >= 0.6 is 23.7 Å². The molecule has 3 rings (SSSR count). The smallest absolute Gasteiger partial charge is 0.220 e. The van der Waals surface area contributed by atoms with Gasteiger partial charge in [0.05, 0.1) is 15.2 Å². The normalized spacial score (nSPS) is 20.9. The molecule has 0 spiro atoms. The van der Waals surface area contributed by atoms with E-state index in [4.69, 9.17) is 5.73 Å². The number of amides is 1. The maximum atomic E-state index is 12.0. The molecule has 23 heavy (non-hydrogen) atoms. The van der Waals surface area contributed by atoms with Crippen molar-refractivity contribution in [1.82, 2.24) is 10.3 Å². The highest BCUT2D eigenvalue weighted by atomic mass is 35.5. The molecule has 1 aromatic heterocycles. The number of nitrogens with zero attached hydrogens (tertiary/aromatic N) is 1. The average Bonchev–Trinajstić information content (AvgIpc) is 2.92. The van der Waals surface area contributed by atoms with Gasteiger partial charge in [0.1, 0.15) is 0 Å².